The van der Waals surface area contributed by atoms with Crippen LogP contribution in [0.3, 0.4) is 0 Å². The van der Waals surface area contributed by atoms with Crippen molar-refractivity contribution in [2.24, 2.45) is 0 Å². The first-order valence-electron chi connectivity index (χ1n) is 9.54. The minimum Gasteiger partial charge on any atom is -0.478 e. The van der Waals surface area contributed by atoms with Crippen LogP contribution in [0.4, 0.5) is 10.1 Å². The summed E-state index contributed by atoms with van der Waals surface area (Å²) in [5.74, 6) is 0.274. The Morgan fingerprint density at radius 1 is 1.21 bits per heavy atom. The molecular formula is C20H26FN3O3S. The highest BCUT2D eigenvalue weighted by molar-refractivity contribution is 7.92. The van der Waals surface area contributed by atoms with Crippen molar-refractivity contribution >= 4 is 15.7 Å². The molecule has 0 aliphatic heterocycles. The SMILES string of the molecule is CCCNC1Cc2ccc(NS(=O)(=O)c3ccc(OCCCF)nc3)cc2C1. The molecule has 2 aromatic rings. The number of ether oxygens (including phenoxy) is 1. The number of halogens is 1. The van der Waals surface area contributed by atoms with Crippen LogP contribution in [0.5, 0.6) is 5.88 Å². The number of rotatable bonds is 10. The molecule has 1 unspecified atom stereocenters. The second-order valence-electron chi connectivity index (χ2n) is 6.87. The minimum absolute atomic E-state index is 0.0494. The molecule has 28 heavy (non-hydrogen) atoms. The normalized spacial score (nSPS) is 16.0. The van der Waals surface area contributed by atoms with Gasteiger partial charge >= 0.3 is 0 Å². The van der Waals surface area contributed by atoms with Gasteiger partial charge in [0.1, 0.15) is 4.90 Å². The van der Waals surface area contributed by atoms with E-state index >= 15 is 0 Å². The molecule has 1 aliphatic carbocycles. The number of alkyl halides is 1. The molecule has 1 atom stereocenters. The van der Waals surface area contributed by atoms with E-state index in [0.717, 1.165) is 25.8 Å². The first-order valence-corrected chi connectivity index (χ1v) is 11.0. The van der Waals surface area contributed by atoms with Crippen LogP contribution in [0.25, 0.3) is 0 Å². The summed E-state index contributed by atoms with van der Waals surface area (Å²) in [7, 11) is -3.74. The predicted molar refractivity (Wildman–Crippen MR) is 107 cm³/mol. The quantitative estimate of drug-likeness (QED) is 0.592. The van der Waals surface area contributed by atoms with Gasteiger partial charge in [0.15, 0.2) is 0 Å². The van der Waals surface area contributed by atoms with Gasteiger partial charge in [-0.05, 0) is 55.1 Å². The number of sulfonamides is 1. The number of benzene rings is 1. The minimum atomic E-state index is -3.74. The first-order chi connectivity index (χ1) is 13.5. The lowest BCUT2D eigenvalue weighted by molar-refractivity contribution is 0.280. The third kappa shape index (κ3) is 5.20. The van der Waals surface area contributed by atoms with E-state index in [1.54, 1.807) is 6.07 Å². The Balaban J connectivity index is 1.65. The Bertz CT molecular complexity index is 888. The van der Waals surface area contributed by atoms with Crippen molar-refractivity contribution in [3.8, 4) is 5.88 Å². The van der Waals surface area contributed by atoms with Gasteiger partial charge in [-0.25, -0.2) is 13.4 Å². The number of hydrogen-bond acceptors (Lipinski definition) is 5. The van der Waals surface area contributed by atoms with Crippen LogP contribution in [0.2, 0.25) is 0 Å². The van der Waals surface area contributed by atoms with Gasteiger partial charge in [0, 0.05) is 24.2 Å². The van der Waals surface area contributed by atoms with Crippen molar-refractivity contribution < 1.29 is 17.5 Å². The van der Waals surface area contributed by atoms with Crippen molar-refractivity contribution in [3.63, 3.8) is 0 Å². The molecule has 0 saturated heterocycles. The molecule has 1 aromatic heterocycles. The summed E-state index contributed by atoms with van der Waals surface area (Å²) in [6.07, 6.45) is 4.47. The Morgan fingerprint density at radius 3 is 2.75 bits per heavy atom. The fourth-order valence-electron chi connectivity index (χ4n) is 3.23. The van der Waals surface area contributed by atoms with E-state index in [4.69, 9.17) is 4.74 Å². The zero-order chi connectivity index (χ0) is 20.0. The molecule has 3 rings (SSSR count). The molecule has 152 valence electrons. The second kappa shape index (κ2) is 9.34. The Morgan fingerprint density at radius 2 is 2.04 bits per heavy atom. The van der Waals surface area contributed by atoms with E-state index < -0.39 is 16.7 Å². The summed E-state index contributed by atoms with van der Waals surface area (Å²) in [4.78, 5) is 4.03. The molecule has 0 fully saturated rings. The first kappa shape index (κ1) is 20.5. The number of hydrogen-bond donors (Lipinski definition) is 2. The molecule has 0 radical (unpaired) electrons. The summed E-state index contributed by atoms with van der Waals surface area (Å²) in [5, 5.41) is 3.52. The standard InChI is InChI=1S/C20H26FN3O3S/c1-2-9-22-18-11-15-4-5-17(12-16(15)13-18)24-28(25,26)19-6-7-20(23-14-19)27-10-3-8-21/h4-7,12,14,18,22,24H,2-3,8-11,13H2,1H3. The van der Waals surface area contributed by atoms with Gasteiger partial charge in [-0.2, -0.15) is 0 Å². The van der Waals surface area contributed by atoms with Crippen molar-refractivity contribution in [3.05, 3.63) is 47.7 Å². The van der Waals surface area contributed by atoms with Crippen LogP contribution in [0.1, 0.15) is 30.9 Å². The van der Waals surface area contributed by atoms with Crippen molar-refractivity contribution in [2.75, 3.05) is 24.5 Å². The molecule has 0 bridgehead atoms. The fraction of sp³-hybridized carbons (Fsp3) is 0.450. The maximum absolute atomic E-state index is 12.6. The average molecular weight is 408 g/mol. The summed E-state index contributed by atoms with van der Waals surface area (Å²) < 4.78 is 45.2. The van der Waals surface area contributed by atoms with Crippen LogP contribution in [0.15, 0.2) is 41.4 Å². The predicted octanol–water partition coefficient (Wildman–Crippen LogP) is 3.09. The number of aromatic nitrogens is 1. The fourth-order valence-corrected chi connectivity index (χ4v) is 4.22. The number of fused-ring (bicyclic) bond motifs is 1. The lowest BCUT2D eigenvalue weighted by Gasteiger charge is -2.10. The van der Waals surface area contributed by atoms with E-state index in [9.17, 15) is 12.8 Å². The molecule has 1 aromatic carbocycles. The highest BCUT2D eigenvalue weighted by Gasteiger charge is 2.22. The molecule has 1 aliphatic rings. The van der Waals surface area contributed by atoms with Gasteiger partial charge in [0.25, 0.3) is 10.0 Å². The van der Waals surface area contributed by atoms with Crippen molar-refractivity contribution in [1.29, 1.82) is 0 Å². The molecular weight excluding hydrogens is 381 g/mol. The highest BCUT2D eigenvalue weighted by Crippen LogP contribution is 2.27. The molecule has 1 heterocycles. The molecule has 0 spiro atoms. The van der Waals surface area contributed by atoms with Gasteiger partial charge in [-0.3, -0.25) is 9.11 Å². The smallest absolute Gasteiger partial charge is 0.263 e. The third-order valence-electron chi connectivity index (χ3n) is 4.62. The van der Waals surface area contributed by atoms with Crippen molar-refractivity contribution in [2.45, 2.75) is 43.5 Å². The number of nitrogens with zero attached hydrogens (tertiary/aromatic N) is 1. The van der Waals surface area contributed by atoms with Gasteiger partial charge in [0.2, 0.25) is 5.88 Å². The molecule has 0 saturated carbocycles. The van der Waals surface area contributed by atoms with Gasteiger partial charge < -0.3 is 10.1 Å². The van der Waals surface area contributed by atoms with Crippen LogP contribution in [-0.2, 0) is 22.9 Å². The Hall–Kier alpha value is -2.19. The van der Waals surface area contributed by atoms with E-state index in [1.165, 1.54) is 29.5 Å². The number of anilines is 1. The van der Waals surface area contributed by atoms with Crippen LogP contribution >= 0.6 is 0 Å². The summed E-state index contributed by atoms with van der Waals surface area (Å²) in [5.41, 5.74) is 2.97. The number of pyridine rings is 1. The third-order valence-corrected chi connectivity index (χ3v) is 5.99. The monoisotopic (exact) mass is 407 g/mol. The highest BCUT2D eigenvalue weighted by atomic mass is 32.2. The molecule has 0 amide bonds. The maximum Gasteiger partial charge on any atom is 0.263 e. The van der Waals surface area contributed by atoms with E-state index in [0.29, 0.717) is 11.7 Å². The largest absolute Gasteiger partial charge is 0.478 e. The molecule has 2 N–H and O–H groups in total. The average Bonchev–Trinajstić information content (AvgIpc) is 3.09. The molecule has 6 nitrogen and oxygen atoms in total. The maximum atomic E-state index is 12.6. The Labute approximate surface area is 165 Å². The van der Waals surface area contributed by atoms with Crippen LogP contribution < -0.4 is 14.8 Å². The lowest BCUT2D eigenvalue weighted by atomic mass is 10.1. The van der Waals surface area contributed by atoms with Gasteiger partial charge in [0.05, 0.1) is 19.5 Å². The summed E-state index contributed by atoms with van der Waals surface area (Å²) in [6, 6.07) is 9.00. The zero-order valence-electron chi connectivity index (χ0n) is 15.9. The lowest BCUT2D eigenvalue weighted by Crippen LogP contribution is -2.29. The molecule has 8 heteroatoms. The summed E-state index contributed by atoms with van der Waals surface area (Å²) in [6.45, 7) is 2.86. The van der Waals surface area contributed by atoms with Gasteiger partial charge in [-0.15, -0.1) is 0 Å². The topological polar surface area (TPSA) is 80.3 Å². The Kier molecular flexibility index (Phi) is 6.85. The van der Waals surface area contributed by atoms with Gasteiger partial charge in [-0.1, -0.05) is 13.0 Å². The number of nitrogens with one attached hydrogen (secondary N) is 2. The second-order valence-corrected chi connectivity index (χ2v) is 8.55. The zero-order valence-corrected chi connectivity index (χ0v) is 16.8. The van der Waals surface area contributed by atoms with E-state index in [1.807, 2.05) is 12.1 Å². The van der Waals surface area contributed by atoms with Crippen LogP contribution in [0, 0.1) is 0 Å². The summed E-state index contributed by atoms with van der Waals surface area (Å²) >= 11 is 0. The van der Waals surface area contributed by atoms with E-state index in [2.05, 4.69) is 21.9 Å². The van der Waals surface area contributed by atoms with Crippen LogP contribution in [-0.4, -0.2) is 39.3 Å². The van der Waals surface area contributed by atoms with E-state index in [-0.39, 0.29) is 23.8 Å². The van der Waals surface area contributed by atoms with Crippen molar-refractivity contribution in [1.82, 2.24) is 10.3 Å².